The monoisotopic (exact) mass is 224 g/mol. The number of amides is 1. The van der Waals surface area contributed by atoms with Crippen molar-refractivity contribution in [3.63, 3.8) is 0 Å². The van der Waals surface area contributed by atoms with E-state index in [-0.39, 0.29) is 12.5 Å². The molecule has 1 aromatic rings. The van der Waals surface area contributed by atoms with Crippen molar-refractivity contribution >= 4 is 23.1 Å². The van der Waals surface area contributed by atoms with Crippen LogP contribution < -0.4 is 15.8 Å². The van der Waals surface area contributed by atoms with Gasteiger partial charge < -0.3 is 15.8 Å². The third-order valence-electron chi connectivity index (χ3n) is 1.77. The molecule has 0 radical (unpaired) electrons. The first-order chi connectivity index (χ1) is 7.13. The molecule has 0 aliphatic rings. The number of hydrogen-bond acceptors (Lipinski definition) is 3. The maximum atomic E-state index is 10.9. The molecule has 0 heterocycles. The van der Waals surface area contributed by atoms with E-state index < -0.39 is 0 Å². The molecule has 0 fully saturated rings. The number of nitrogens with two attached hydrogens (primary N) is 1. The molecular formula is C10H12N2O2S. The van der Waals surface area contributed by atoms with E-state index in [1.165, 1.54) is 0 Å². The molecule has 1 rings (SSSR count). The van der Waals surface area contributed by atoms with E-state index in [0.717, 1.165) is 5.56 Å². The molecule has 3 N–H and O–H groups in total. The summed E-state index contributed by atoms with van der Waals surface area (Å²) in [5.74, 6) is 0.389. The molecule has 1 aromatic carbocycles. The van der Waals surface area contributed by atoms with Crippen LogP contribution in [0.15, 0.2) is 24.3 Å². The van der Waals surface area contributed by atoms with Crippen LogP contribution in [0.2, 0.25) is 0 Å². The number of benzene rings is 1. The minimum Gasteiger partial charge on any atom is -0.484 e. The van der Waals surface area contributed by atoms with Gasteiger partial charge in [0.2, 0.25) is 0 Å². The van der Waals surface area contributed by atoms with Gasteiger partial charge in [0, 0.05) is 12.6 Å². The van der Waals surface area contributed by atoms with Crippen molar-refractivity contribution < 1.29 is 9.53 Å². The molecule has 4 nitrogen and oxygen atoms in total. The molecule has 15 heavy (non-hydrogen) atoms. The van der Waals surface area contributed by atoms with Crippen molar-refractivity contribution in [2.75, 3.05) is 13.7 Å². The SMILES string of the molecule is CNC(=O)COc1cccc(C(N)=S)c1. The minimum atomic E-state index is -0.185. The lowest BCUT2D eigenvalue weighted by molar-refractivity contribution is -0.122. The van der Waals surface area contributed by atoms with Gasteiger partial charge in [-0.3, -0.25) is 4.79 Å². The van der Waals surface area contributed by atoms with Crippen molar-refractivity contribution in [3.8, 4) is 5.75 Å². The smallest absolute Gasteiger partial charge is 0.257 e. The van der Waals surface area contributed by atoms with Crippen molar-refractivity contribution in [2.45, 2.75) is 0 Å². The lowest BCUT2D eigenvalue weighted by Crippen LogP contribution is -2.24. The first kappa shape index (κ1) is 11.5. The molecule has 80 valence electrons. The number of likely N-dealkylation sites (N-methyl/N-ethyl adjacent to an activating group) is 1. The fourth-order valence-electron chi connectivity index (χ4n) is 0.960. The van der Waals surface area contributed by atoms with E-state index in [9.17, 15) is 4.79 Å². The van der Waals surface area contributed by atoms with Gasteiger partial charge in [-0.15, -0.1) is 0 Å². The Hall–Kier alpha value is -1.62. The first-order valence-electron chi connectivity index (χ1n) is 4.36. The number of thiocarbonyl (C=S) groups is 1. The van der Waals surface area contributed by atoms with E-state index in [1.807, 2.05) is 0 Å². The number of hydrogen-bond donors (Lipinski definition) is 2. The summed E-state index contributed by atoms with van der Waals surface area (Å²) in [4.78, 5) is 11.2. The van der Waals surface area contributed by atoms with Gasteiger partial charge in [-0.2, -0.15) is 0 Å². The van der Waals surface area contributed by atoms with Gasteiger partial charge in [-0.05, 0) is 12.1 Å². The van der Waals surface area contributed by atoms with Crippen LogP contribution in [0, 0.1) is 0 Å². The van der Waals surface area contributed by atoms with Gasteiger partial charge in [-0.1, -0.05) is 24.4 Å². The van der Waals surface area contributed by atoms with Crippen LogP contribution in [0.1, 0.15) is 5.56 Å². The summed E-state index contributed by atoms with van der Waals surface area (Å²) in [5, 5.41) is 2.46. The average molecular weight is 224 g/mol. The van der Waals surface area contributed by atoms with Crippen LogP contribution in [0.5, 0.6) is 5.75 Å². The number of nitrogens with one attached hydrogen (secondary N) is 1. The van der Waals surface area contributed by atoms with Crippen LogP contribution in [0.4, 0.5) is 0 Å². The molecule has 0 aromatic heterocycles. The summed E-state index contributed by atoms with van der Waals surface area (Å²) in [6.45, 7) is -0.0166. The number of carbonyl (C=O) groups excluding carboxylic acids is 1. The van der Waals surface area contributed by atoms with E-state index in [1.54, 1.807) is 31.3 Å². The predicted molar refractivity (Wildman–Crippen MR) is 61.9 cm³/mol. The fraction of sp³-hybridized carbons (Fsp3) is 0.200. The van der Waals surface area contributed by atoms with Gasteiger partial charge in [0.05, 0.1) is 0 Å². The summed E-state index contributed by atoms with van der Waals surface area (Å²) >= 11 is 4.82. The number of rotatable bonds is 4. The van der Waals surface area contributed by atoms with Crippen LogP contribution in [0.25, 0.3) is 0 Å². The van der Waals surface area contributed by atoms with Crippen LogP contribution >= 0.6 is 12.2 Å². The largest absolute Gasteiger partial charge is 0.484 e. The second-order valence-corrected chi connectivity index (χ2v) is 3.29. The van der Waals surface area contributed by atoms with E-state index in [2.05, 4.69) is 5.32 Å². The van der Waals surface area contributed by atoms with Gasteiger partial charge >= 0.3 is 0 Å². The van der Waals surface area contributed by atoms with E-state index in [4.69, 9.17) is 22.7 Å². The molecule has 0 spiro atoms. The second-order valence-electron chi connectivity index (χ2n) is 2.85. The Kier molecular flexibility index (Phi) is 4.05. The minimum absolute atomic E-state index is 0.0166. The molecule has 1 amide bonds. The summed E-state index contributed by atoms with van der Waals surface area (Å²) < 4.78 is 5.22. The van der Waals surface area contributed by atoms with Gasteiger partial charge in [0.15, 0.2) is 6.61 Å². The van der Waals surface area contributed by atoms with E-state index >= 15 is 0 Å². The highest BCUT2D eigenvalue weighted by atomic mass is 32.1. The van der Waals surface area contributed by atoms with Crippen LogP contribution in [-0.4, -0.2) is 24.6 Å². The molecule has 0 saturated heterocycles. The summed E-state index contributed by atoms with van der Waals surface area (Å²) in [7, 11) is 1.55. The van der Waals surface area contributed by atoms with Crippen molar-refractivity contribution in [3.05, 3.63) is 29.8 Å². The molecule has 0 unspecified atom stereocenters. The average Bonchev–Trinajstić information content (AvgIpc) is 2.26. The Labute approximate surface area is 93.4 Å². The quantitative estimate of drug-likeness (QED) is 0.729. The fourth-order valence-corrected chi connectivity index (χ4v) is 1.09. The predicted octanol–water partition coefficient (Wildman–Crippen LogP) is 0.446. The molecule has 0 atom stereocenters. The van der Waals surface area contributed by atoms with Crippen molar-refractivity contribution in [1.82, 2.24) is 5.32 Å². The lowest BCUT2D eigenvalue weighted by Gasteiger charge is -2.06. The number of carbonyl (C=O) groups is 1. The highest BCUT2D eigenvalue weighted by Crippen LogP contribution is 2.12. The molecule has 0 aliphatic heterocycles. The zero-order valence-electron chi connectivity index (χ0n) is 8.32. The third kappa shape index (κ3) is 3.55. The summed E-state index contributed by atoms with van der Waals surface area (Å²) in [5.41, 5.74) is 6.18. The zero-order chi connectivity index (χ0) is 11.3. The number of ether oxygens (including phenoxy) is 1. The lowest BCUT2D eigenvalue weighted by atomic mass is 10.2. The Balaban J connectivity index is 2.66. The topological polar surface area (TPSA) is 64.3 Å². The normalized spacial score (nSPS) is 9.40. The maximum Gasteiger partial charge on any atom is 0.257 e. The van der Waals surface area contributed by atoms with Crippen molar-refractivity contribution in [1.29, 1.82) is 0 Å². The molecule has 0 bridgehead atoms. The maximum absolute atomic E-state index is 10.9. The molecule has 5 heteroatoms. The Morgan fingerprint density at radius 2 is 2.33 bits per heavy atom. The highest BCUT2D eigenvalue weighted by molar-refractivity contribution is 7.80. The Morgan fingerprint density at radius 3 is 2.93 bits per heavy atom. The second kappa shape index (κ2) is 5.31. The van der Waals surface area contributed by atoms with E-state index in [0.29, 0.717) is 10.7 Å². The van der Waals surface area contributed by atoms with Gasteiger partial charge in [-0.25, -0.2) is 0 Å². The Bertz CT molecular complexity index is 379. The van der Waals surface area contributed by atoms with Crippen molar-refractivity contribution in [2.24, 2.45) is 5.73 Å². The van der Waals surface area contributed by atoms with Crippen LogP contribution in [0.3, 0.4) is 0 Å². The van der Waals surface area contributed by atoms with Gasteiger partial charge in [0.25, 0.3) is 5.91 Å². The zero-order valence-corrected chi connectivity index (χ0v) is 9.14. The van der Waals surface area contributed by atoms with Gasteiger partial charge in [0.1, 0.15) is 10.7 Å². The third-order valence-corrected chi connectivity index (χ3v) is 2.00. The highest BCUT2D eigenvalue weighted by Gasteiger charge is 2.01. The molecule has 0 saturated carbocycles. The Morgan fingerprint density at radius 1 is 1.60 bits per heavy atom. The summed E-state index contributed by atoms with van der Waals surface area (Å²) in [6.07, 6.45) is 0. The van der Waals surface area contributed by atoms with Crippen LogP contribution in [-0.2, 0) is 4.79 Å². The first-order valence-corrected chi connectivity index (χ1v) is 4.77. The standard InChI is InChI=1S/C10H12N2O2S/c1-12-9(13)6-14-8-4-2-3-7(5-8)10(11)15/h2-5H,6H2,1H3,(H2,11,15)(H,12,13). The molecular weight excluding hydrogens is 212 g/mol. The summed E-state index contributed by atoms with van der Waals surface area (Å²) in [6, 6.07) is 7.00. The molecule has 0 aliphatic carbocycles.